The number of carbonyl (C=O) groups excluding carboxylic acids is 1. The van der Waals surface area contributed by atoms with Crippen molar-refractivity contribution in [1.82, 2.24) is 4.98 Å². The van der Waals surface area contributed by atoms with E-state index in [1.807, 2.05) is 12.1 Å². The Balaban J connectivity index is 2.14. The number of non-ortho nitro benzene ring substituents is 1. The lowest BCUT2D eigenvalue weighted by atomic mass is 10.0. The van der Waals surface area contributed by atoms with E-state index in [1.165, 1.54) is 12.1 Å². The molecule has 0 aliphatic rings. The number of nitro groups is 1. The molecule has 2 aromatic carbocycles. The Kier molecular flexibility index (Phi) is 3.46. The van der Waals surface area contributed by atoms with E-state index in [0.717, 1.165) is 3.57 Å². The van der Waals surface area contributed by atoms with Gasteiger partial charge in [-0.05, 0) is 40.8 Å². The smallest absolute Gasteiger partial charge is 0.270 e. The van der Waals surface area contributed by atoms with E-state index in [2.05, 4.69) is 27.6 Å². The van der Waals surface area contributed by atoms with Crippen LogP contribution in [0.3, 0.4) is 0 Å². The topological polar surface area (TPSA) is 76.0 Å². The van der Waals surface area contributed by atoms with Gasteiger partial charge in [0.2, 0.25) is 0 Å². The van der Waals surface area contributed by atoms with E-state index in [1.54, 1.807) is 24.4 Å². The van der Waals surface area contributed by atoms with E-state index in [0.29, 0.717) is 22.0 Å². The summed E-state index contributed by atoms with van der Waals surface area (Å²) in [6.45, 7) is 0. The predicted molar refractivity (Wildman–Crippen MR) is 87.5 cm³/mol. The van der Waals surface area contributed by atoms with Crippen molar-refractivity contribution < 1.29 is 9.72 Å². The molecular formula is C15H9IN2O3. The first kappa shape index (κ1) is 13.7. The summed E-state index contributed by atoms with van der Waals surface area (Å²) in [5, 5.41) is 11.4. The van der Waals surface area contributed by atoms with Gasteiger partial charge in [0.25, 0.3) is 5.69 Å². The molecule has 0 bridgehead atoms. The molecular weight excluding hydrogens is 383 g/mol. The lowest BCUT2D eigenvalue weighted by Crippen LogP contribution is -2.00. The van der Waals surface area contributed by atoms with Crippen molar-refractivity contribution in [3.8, 4) is 0 Å². The second-order valence-corrected chi connectivity index (χ2v) is 5.77. The summed E-state index contributed by atoms with van der Waals surface area (Å²) in [5.41, 5.74) is 1.68. The Morgan fingerprint density at radius 3 is 2.71 bits per heavy atom. The molecule has 0 saturated heterocycles. The highest BCUT2D eigenvalue weighted by Crippen LogP contribution is 2.25. The first-order valence-electron chi connectivity index (χ1n) is 6.12. The highest BCUT2D eigenvalue weighted by atomic mass is 127. The minimum atomic E-state index is -0.466. The van der Waals surface area contributed by atoms with Gasteiger partial charge in [0.15, 0.2) is 5.78 Å². The average Bonchev–Trinajstić information content (AvgIpc) is 2.89. The molecule has 0 fully saturated rings. The third-order valence-electron chi connectivity index (χ3n) is 3.21. The van der Waals surface area contributed by atoms with Crippen molar-refractivity contribution in [1.29, 1.82) is 0 Å². The fraction of sp³-hybridized carbons (Fsp3) is 0. The number of nitro benzene ring substituents is 1. The minimum absolute atomic E-state index is 0.0289. The molecule has 104 valence electrons. The number of rotatable bonds is 3. The Morgan fingerprint density at radius 1 is 1.19 bits per heavy atom. The lowest BCUT2D eigenvalue weighted by molar-refractivity contribution is -0.384. The molecule has 3 rings (SSSR count). The molecule has 0 atom stereocenters. The maximum absolute atomic E-state index is 12.6. The van der Waals surface area contributed by atoms with Gasteiger partial charge in [-0.15, -0.1) is 0 Å². The molecule has 0 unspecified atom stereocenters. The van der Waals surface area contributed by atoms with Crippen molar-refractivity contribution in [2.75, 3.05) is 0 Å². The summed E-state index contributed by atoms with van der Waals surface area (Å²) < 4.78 is 0.962. The summed E-state index contributed by atoms with van der Waals surface area (Å²) in [7, 11) is 0. The fourth-order valence-electron chi connectivity index (χ4n) is 2.20. The molecule has 1 aromatic heterocycles. The van der Waals surface area contributed by atoms with Gasteiger partial charge in [-0.3, -0.25) is 14.9 Å². The number of nitrogens with zero attached hydrogens (tertiary/aromatic N) is 1. The third kappa shape index (κ3) is 2.54. The number of aromatic nitrogens is 1. The molecule has 6 heteroatoms. The zero-order valence-electron chi connectivity index (χ0n) is 10.7. The van der Waals surface area contributed by atoms with Crippen LogP contribution in [-0.2, 0) is 0 Å². The molecule has 0 radical (unpaired) electrons. The van der Waals surface area contributed by atoms with Gasteiger partial charge < -0.3 is 4.98 Å². The van der Waals surface area contributed by atoms with Crippen LogP contribution in [0.5, 0.6) is 0 Å². The SMILES string of the molecule is O=C(c1cccc(I)c1)c1c[nH]c2ccc([N+](=O)[O-])cc12. The van der Waals surface area contributed by atoms with E-state index < -0.39 is 4.92 Å². The second-order valence-electron chi connectivity index (χ2n) is 4.53. The Hall–Kier alpha value is -2.22. The van der Waals surface area contributed by atoms with Crippen LogP contribution in [0.15, 0.2) is 48.7 Å². The molecule has 3 aromatic rings. The number of halogens is 1. The summed E-state index contributed by atoms with van der Waals surface area (Å²) in [6.07, 6.45) is 1.59. The van der Waals surface area contributed by atoms with Gasteiger partial charge in [0.05, 0.1) is 4.92 Å². The van der Waals surface area contributed by atoms with Crippen molar-refractivity contribution in [2.24, 2.45) is 0 Å². The molecule has 0 aliphatic heterocycles. The fourth-order valence-corrected chi connectivity index (χ4v) is 2.74. The molecule has 1 N–H and O–H groups in total. The maximum atomic E-state index is 12.6. The number of H-pyrrole nitrogens is 1. The molecule has 0 spiro atoms. The van der Waals surface area contributed by atoms with Crippen LogP contribution < -0.4 is 0 Å². The van der Waals surface area contributed by atoms with Crippen molar-refractivity contribution in [3.63, 3.8) is 0 Å². The van der Waals surface area contributed by atoms with Gasteiger partial charge in [-0.25, -0.2) is 0 Å². The van der Waals surface area contributed by atoms with Crippen molar-refractivity contribution in [2.45, 2.75) is 0 Å². The van der Waals surface area contributed by atoms with E-state index in [-0.39, 0.29) is 11.5 Å². The molecule has 5 nitrogen and oxygen atoms in total. The van der Waals surface area contributed by atoms with Crippen LogP contribution in [0.2, 0.25) is 0 Å². The van der Waals surface area contributed by atoms with E-state index >= 15 is 0 Å². The number of hydrogen-bond acceptors (Lipinski definition) is 3. The largest absolute Gasteiger partial charge is 0.360 e. The number of ketones is 1. The van der Waals surface area contributed by atoms with E-state index in [4.69, 9.17) is 0 Å². The Labute approximate surface area is 133 Å². The first-order valence-corrected chi connectivity index (χ1v) is 7.20. The zero-order chi connectivity index (χ0) is 15.0. The maximum Gasteiger partial charge on any atom is 0.270 e. The van der Waals surface area contributed by atoms with Crippen LogP contribution in [0, 0.1) is 13.7 Å². The average molecular weight is 392 g/mol. The van der Waals surface area contributed by atoms with Gasteiger partial charge >= 0.3 is 0 Å². The number of carbonyl (C=O) groups is 1. The van der Waals surface area contributed by atoms with Gasteiger partial charge in [0, 0.05) is 43.9 Å². The number of aromatic amines is 1. The second kappa shape index (κ2) is 5.28. The summed E-state index contributed by atoms with van der Waals surface area (Å²) in [4.78, 5) is 25.9. The molecule has 21 heavy (non-hydrogen) atoms. The first-order chi connectivity index (χ1) is 10.1. The number of nitrogens with one attached hydrogen (secondary N) is 1. The number of fused-ring (bicyclic) bond motifs is 1. The van der Waals surface area contributed by atoms with Gasteiger partial charge in [-0.1, -0.05) is 12.1 Å². The molecule has 1 heterocycles. The highest BCUT2D eigenvalue weighted by molar-refractivity contribution is 14.1. The lowest BCUT2D eigenvalue weighted by Gasteiger charge is -2.00. The summed E-state index contributed by atoms with van der Waals surface area (Å²) in [5.74, 6) is -0.153. The normalized spacial score (nSPS) is 10.7. The van der Waals surface area contributed by atoms with Crippen LogP contribution in [0.25, 0.3) is 10.9 Å². The van der Waals surface area contributed by atoms with Gasteiger partial charge in [0.1, 0.15) is 0 Å². The minimum Gasteiger partial charge on any atom is -0.360 e. The van der Waals surface area contributed by atoms with Crippen molar-refractivity contribution in [3.05, 3.63) is 73.5 Å². The summed E-state index contributed by atoms with van der Waals surface area (Å²) in [6, 6.07) is 11.7. The Bertz CT molecular complexity index is 870. The summed E-state index contributed by atoms with van der Waals surface area (Å²) >= 11 is 2.14. The van der Waals surface area contributed by atoms with Crippen LogP contribution in [-0.4, -0.2) is 15.7 Å². The standard InChI is InChI=1S/C15H9IN2O3/c16-10-3-1-2-9(6-10)15(19)13-8-17-14-5-4-11(18(20)21)7-12(13)14/h1-8,17H. The third-order valence-corrected chi connectivity index (χ3v) is 3.88. The van der Waals surface area contributed by atoms with Crippen LogP contribution >= 0.6 is 22.6 Å². The molecule has 0 amide bonds. The molecule has 0 saturated carbocycles. The van der Waals surface area contributed by atoms with E-state index in [9.17, 15) is 14.9 Å². The van der Waals surface area contributed by atoms with Crippen LogP contribution in [0.1, 0.15) is 15.9 Å². The van der Waals surface area contributed by atoms with Gasteiger partial charge in [-0.2, -0.15) is 0 Å². The molecule has 0 aliphatic carbocycles. The van der Waals surface area contributed by atoms with Crippen molar-refractivity contribution >= 4 is 45.0 Å². The predicted octanol–water partition coefficient (Wildman–Crippen LogP) is 3.91. The Morgan fingerprint density at radius 2 is 2.00 bits per heavy atom. The highest BCUT2D eigenvalue weighted by Gasteiger charge is 2.17. The quantitative estimate of drug-likeness (QED) is 0.318. The number of benzene rings is 2. The van der Waals surface area contributed by atoms with Crippen LogP contribution in [0.4, 0.5) is 5.69 Å². The zero-order valence-corrected chi connectivity index (χ0v) is 12.8. The monoisotopic (exact) mass is 392 g/mol. The number of hydrogen-bond donors (Lipinski definition) is 1.